The van der Waals surface area contributed by atoms with Crippen LogP contribution in [-0.2, 0) is 0 Å². The first-order valence-electron chi connectivity index (χ1n) is 5.19. The number of hydrogen-bond donors (Lipinski definition) is 1. The maximum Gasteiger partial charge on any atom is 0.133 e. The van der Waals surface area contributed by atoms with Crippen LogP contribution < -0.4 is 5.32 Å². The molecule has 2 rings (SSSR count). The van der Waals surface area contributed by atoms with Crippen molar-refractivity contribution in [3.8, 4) is 6.07 Å². The summed E-state index contributed by atoms with van der Waals surface area (Å²) in [6.07, 6.45) is 1.66. The van der Waals surface area contributed by atoms with Gasteiger partial charge < -0.3 is 5.32 Å². The van der Waals surface area contributed by atoms with E-state index in [1.165, 1.54) is 18.2 Å². The first kappa shape index (κ1) is 12.5. The Morgan fingerprint density at radius 2 is 2.17 bits per heavy atom. The fraction of sp³-hybridized carbons (Fsp3) is 0.0769. The molecule has 0 amide bonds. The number of anilines is 2. The molecule has 1 N–H and O–H groups in total. The number of pyridine rings is 1. The molecule has 0 unspecified atom stereocenters. The van der Waals surface area contributed by atoms with Gasteiger partial charge in [-0.25, -0.2) is 9.37 Å². The van der Waals surface area contributed by atoms with Crippen molar-refractivity contribution in [1.29, 1.82) is 5.26 Å². The van der Waals surface area contributed by atoms with Gasteiger partial charge in [0, 0.05) is 10.7 Å². The molecule has 0 radical (unpaired) electrons. The van der Waals surface area contributed by atoms with Crippen LogP contribution in [0.5, 0.6) is 0 Å². The lowest BCUT2D eigenvalue weighted by molar-refractivity contribution is 0.627. The van der Waals surface area contributed by atoms with Gasteiger partial charge in [-0.05, 0) is 52.7 Å². The number of aromatic nitrogens is 1. The molecule has 0 aliphatic heterocycles. The molecule has 0 spiro atoms. The summed E-state index contributed by atoms with van der Waals surface area (Å²) in [6, 6.07) is 7.87. The maximum absolute atomic E-state index is 13.0. The fourth-order valence-electron chi connectivity index (χ4n) is 1.52. The lowest BCUT2D eigenvalue weighted by Crippen LogP contribution is -1.98. The second kappa shape index (κ2) is 5.15. The third kappa shape index (κ3) is 2.66. The highest BCUT2D eigenvalue weighted by molar-refractivity contribution is 9.10. The van der Waals surface area contributed by atoms with Crippen molar-refractivity contribution < 1.29 is 4.39 Å². The number of nitrogens with one attached hydrogen (secondary N) is 1. The molecule has 0 fully saturated rings. The van der Waals surface area contributed by atoms with E-state index in [4.69, 9.17) is 5.26 Å². The predicted octanol–water partition coefficient (Wildman–Crippen LogP) is 3.91. The molecule has 0 saturated carbocycles. The lowest BCUT2D eigenvalue weighted by Gasteiger charge is -2.10. The number of rotatable bonds is 2. The molecule has 0 aliphatic carbocycles. The predicted molar refractivity (Wildman–Crippen MR) is 71.1 cm³/mol. The minimum Gasteiger partial charge on any atom is -0.339 e. The number of halogens is 2. The molecular formula is C13H9BrFN3. The molecule has 3 nitrogen and oxygen atoms in total. The largest absolute Gasteiger partial charge is 0.339 e. The lowest BCUT2D eigenvalue weighted by atomic mass is 10.2. The van der Waals surface area contributed by atoms with Crippen molar-refractivity contribution in [3.05, 3.63) is 51.9 Å². The molecule has 0 aliphatic rings. The van der Waals surface area contributed by atoms with Crippen LogP contribution in [0.25, 0.3) is 0 Å². The van der Waals surface area contributed by atoms with Crippen molar-refractivity contribution in [3.63, 3.8) is 0 Å². The van der Waals surface area contributed by atoms with E-state index in [9.17, 15) is 4.39 Å². The summed E-state index contributed by atoms with van der Waals surface area (Å²) < 4.78 is 13.9. The molecule has 1 aromatic carbocycles. The van der Waals surface area contributed by atoms with E-state index in [0.717, 1.165) is 10.0 Å². The van der Waals surface area contributed by atoms with E-state index in [-0.39, 0.29) is 5.56 Å². The Balaban J connectivity index is 2.37. The van der Waals surface area contributed by atoms with E-state index >= 15 is 0 Å². The molecule has 0 bridgehead atoms. The van der Waals surface area contributed by atoms with Crippen molar-refractivity contribution in [1.82, 2.24) is 4.98 Å². The van der Waals surface area contributed by atoms with Gasteiger partial charge in [-0.1, -0.05) is 0 Å². The van der Waals surface area contributed by atoms with E-state index in [2.05, 4.69) is 26.2 Å². The minimum absolute atomic E-state index is 0.249. The van der Waals surface area contributed by atoms with Crippen LogP contribution in [0.15, 0.2) is 34.9 Å². The molecular weight excluding hydrogens is 297 g/mol. The Morgan fingerprint density at radius 1 is 1.39 bits per heavy atom. The Morgan fingerprint density at radius 3 is 2.83 bits per heavy atom. The normalized spacial score (nSPS) is 9.89. The summed E-state index contributed by atoms with van der Waals surface area (Å²) in [5.41, 5.74) is 1.72. The van der Waals surface area contributed by atoms with E-state index in [1.54, 1.807) is 6.20 Å². The van der Waals surface area contributed by atoms with Gasteiger partial charge in [0.05, 0.1) is 11.3 Å². The van der Waals surface area contributed by atoms with Crippen LogP contribution in [0, 0.1) is 24.1 Å². The smallest absolute Gasteiger partial charge is 0.133 e. The van der Waals surface area contributed by atoms with Gasteiger partial charge in [0.1, 0.15) is 17.7 Å². The summed E-state index contributed by atoms with van der Waals surface area (Å²) in [5.74, 6) is 0.207. The molecule has 2 aromatic rings. The molecule has 1 aromatic heterocycles. The van der Waals surface area contributed by atoms with Crippen LogP contribution in [0.3, 0.4) is 0 Å². The zero-order valence-corrected chi connectivity index (χ0v) is 11.1. The molecule has 0 atom stereocenters. The standard InChI is InChI=1S/C13H9BrFN3/c1-8-4-10(14)7-17-13(8)18-12-3-2-11(15)5-9(12)6-16/h2-5,7H,1H3,(H,17,18). The average Bonchev–Trinajstić information content (AvgIpc) is 2.34. The van der Waals surface area contributed by atoms with Gasteiger partial charge in [-0.15, -0.1) is 0 Å². The van der Waals surface area contributed by atoms with E-state index in [1.807, 2.05) is 19.1 Å². The van der Waals surface area contributed by atoms with Crippen LogP contribution in [0.1, 0.15) is 11.1 Å². The fourth-order valence-corrected chi connectivity index (χ4v) is 1.96. The Kier molecular flexibility index (Phi) is 3.58. The van der Waals surface area contributed by atoms with E-state index in [0.29, 0.717) is 11.5 Å². The second-order valence-corrected chi connectivity index (χ2v) is 4.66. The Bertz CT molecular complexity index is 635. The molecule has 90 valence electrons. The minimum atomic E-state index is -0.433. The van der Waals surface area contributed by atoms with Crippen molar-refractivity contribution in [2.75, 3.05) is 5.32 Å². The summed E-state index contributed by atoms with van der Waals surface area (Å²) in [5, 5.41) is 12.0. The van der Waals surface area contributed by atoms with Gasteiger partial charge in [-0.2, -0.15) is 5.26 Å². The van der Waals surface area contributed by atoms with Crippen LogP contribution in [-0.4, -0.2) is 4.98 Å². The summed E-state index contributed by atoms with van der Waals surface area (Å²) >= 11 is 3.33. The second-order valence-electron chi connectivity index (χ2n) is 3.75. The van der Waals surface area contributed by atoms with E-state index < -0.39 is 5.82 Å². The maximum atomic E-state index is 13.0. The third-order valence-corrected chi connectivity index (χ3v) is 2.83. The molecule has 0 saturated heterocycles. The monoisotopic (exact) mass is 305 g/mol. The Labute approximate surface area is 112 Å². The number of hydrogen-bond acceptors (Lipinski definition) is 3. The van der Waals surface area contributed by atoms with Gasteiger partial charge in [-0.3, -0.25) is 0 Å². The zero-order chi connectivity index (χ0) is 13.1. The number of nitrogens with zero attached hydrogens (tertiary/aromatic N) is 2. The number of nitriles is 1. The summed E-state index contributed by atoms with van der Waals surface area (Å²) in [7, 11) is 0. The molecule has 5 heteroatoms. The van der Waals surface area contributed by atoms with Crippen LogP contribution in [0.2, 0.25) is 0 Å². The average molecular weight is 306 g/mol. The highest BCUT2D eigenvalue weighted by Crippen LogP contribution is 2.23. The Hall–Kier alpha value is -1.93. The van der Waals surface area contributed by atoms with Crippen molar-refractivity contribution in [2.45, 2.75) is 6.92 Å². The molecule has 18 heavy (non-hydrogen) atoms. The zero-order valence-electron chi connectivity index (χ0n) is 9.54. The van der Waals surface area contributed by atoms with Crippen LogP contribution in [0.4, 0.5) is 15.9 Å². The first-order chi connectivity index (χ1) is 8.60. The SMILES string of the molecule is Cc1cc(Br)cnc1Nc1ccc(F)cc1C#N. The topological polar surface area (TPSA) is 48.7 Å². The first-order valence-corrected chi connectivity index (χ1v) is 5.98. The summed E-state index contributed by atoms with van der Waals surface area (Å²) in [4.78, 5) is 4.21. The van der Waals surface area contributed by atoms with Crippen molar-refractivity contribution in [2.24, 2.45) is 0 Å². The van der Waals surface area contributed by atoms with Gasteiger partial charge >= 0.3 is 0 Å². The highest BCUT2D eigenvalue weighted by atomic mass is 79.9. The summed E-state index contributed by atoms with van der Waals surface area (Å²) in [6.45, 7) is 1.90. The van der Waals surface area contributed by atoms with Gasteiger partial charge in [0.15, 0.2) is 0 Å². The van der Waals surface area contributed by atoms with Gasteiger partial charge in [0.25, 0.3) is 0 Å². The quantitative estimate of drug-likeness (QED) is 0.915. The van der Waals surface area contributed by atoms with Gasteiger partial charge in [0.2, 0.25) is 0 Å². The number of benzene rings is 1. The highest BCUT2D eigenvalue weighted by Gasteiger charge is 2.06. The third-order valence-electron chi connectivity index (χ3n) is 2.40. The number of aryl methyl sites for hydroxylation is 1. The van der Waals surface area contributed by atoms with Crippen LogP contribution >= 0.6 is 15.9 Å². The van der Waals surface area contributed by atoms with Crippen molar-refractivity contribution >= 4 is 27.4 Å². The molecule has 1 heterocycles.